The van der Waals surface area contributed by atoms with E-state index in [1.807, 2.05) is 6.07 Å². The lowest BCUT2D eigenvalue weighted by molar-refractivity contribution is 0.0941. The van der Waals surface area contributed by atoms with E-state index in [9.17, 15) is 4.79 Å². The number of carbonyl (C=O) groups is 1. The van der Waals surface area contributed by atoms with Crippen LogP contribution >= 0.6 is 31.9 Å². The van der Waals surface area contributed by atoms with Gasteiger partial charge in [-0.2, -0.15) is 0 Å². The summed E-state index contributed by atoms with van der Waals surface area (Å²) in [5.74, 6) is -0.131. The highest BCUT2D eigenvalue weighted by molar-refractivity contribution is 9.11. The molecule has 0 aliphatic heterocycles. The third kappa shape index (κ3) is 4.66. The highest BCUT2D eigenvalue weighted by Crippen LogP contribution is 2.20. The van der Waals surface area contributed by atoms with Crippen molar-refractivity contribution in [2.24, 2.45) is 10.9 Å². The van der Waals surface area contributed by atoms with Crippen molar-refractivity contribution in [3.63, 3.8) is 0 Å². The van der Waals surface area contributed by atoms with E-state index >= 15 is 0 Å². The van der Waals surface area contributed by atoms with Gasteiger partial charge in [0.25, 0.3) is 5.91 Å². The number of carbonyl (C=O) groups excluding carboxylic acids is 1. The van der Waals surface area contributed by atoms with E-state index in [-0.39, 0.29) is 24.2 Å². The Hall–Kier alpha value is -1.08. The predicted molar refractivity (Wildman–Crippen MR) is 76.8 cm³/mol. The normalized spacial score (nSPS) is 13.2. The second-order valence-electron chi connectivity index (χ2n) is 3.83. The van der Waals surface area contributed by atoms with Gasteiger partial charge >= 0.3 is 0 Å². The van der Waals surface area contributed by atoms with Crippen LogP contribution in [0.1, 0.15) is 23.7 Å². The van der Waals surface area contributed by atoms with E-state index < -0.39 is 0 Å². The average molecular weight is 379 g/mol. The summed E-state index contributed by atoms with van der Waals surface area (Å²) >= 11 is 6.63. The fourth-order valence-electron chi connectivity index (χ4n) is 1.40. The number of nitrogens with one attached hydrogen (secondary N) is 1. The quantitative estimate of drug-likeness (QED) is 0.325. The molecule has 7 heteroatoms. The smallest absolute Gasteiger partial charge is 0.251 e. The van der Waals surface area contributed by atoms with E-state index in [4.69, 9.17) is 10.9 Å². The summed E-state index contributed by atoms with van der Waals surface area (Å²) < 4.78 is 1.62. The molecule has 0 aliphatic rings. The lowest BCUT2D eigenvalue weighted by Gasteiger charge is -2.13. The summed E-state index contributed by atoms with van der Waals surface area (Å²) in [5, 5.41) is 14.1. The van der Waals surface area contributed by atoms with Gasteiger partial charge in [-0.25, -0.2) is 0 Å². The third-order valence-corrected chi connectivity index (χ3v) is 3.06. The SMILES string of the molecule is CC(C/C(N)=N/O)NC(=O)c1cc(Br)cc(Br)c1. The molecule has 0 radical (unpaired) electrons. The standard InChI is InChI=1S/C11H13Br2N3O2/c1-6(2-10(14)16-18)15-11(17)7-3-8(12)5-9(13)4-7/h3-6,18H,2H2,1H3,(H2,14,16)(H,15,17). The van der Waals surface area contributed by atoms with Gasteiger partial charge in [0.2, 0.25) is 0 Å². The van der Waals surface area contributed by atoms with Gasteiger partial charge in [0.05, 0.1) is 0 Å². The Balaban J connectivity index is 2.70. The number of nitrogens with two attached hydrogens (primary N) is 1. The Morgan fingerprint density at radius 1 is 1.44 bits per heavy atom. The van der Waals surface area contributed by atoms with E-state index in [0.29, 0.717) is 5.56 Å². The molecule has 98 valence electrons. The minimum absolute atomic E-state index is 0.0817. The van der Waals surface area contributed by atoms with Crippen LogP contribution in [0.25, 0.3) is 0 Å². The van der Waals surface area contributed by atoms with Crippen LogP contribution in [0.4, 0.5) is 0 Å². The molecule has 0 fully saturated rings. The first-order valence-corrected chi connectivity index (χ1v) is 6.74. The van der Waals surface area contributed by atoms with E-state index in [1.165, 1.54) is 0 Å². The lowest BCUT2D eigenvalue weighted by atomic mass is 10.1. The average Bonchev–Trinajstić information content (AvgIpc) is 2.27. The Kier molecular flexibility index (Phi) is 5.61. The molecule has 1 unspecified atom stereocenters. The number of hydrogen-bond acceptors (Lipinski definition) is 3. The molecule has 0 spiro atoms. The van der Waals surface area contributed by atoms with E-state index in [0.717, 1.165) is 8.95 Å². The van der Waals surface area contributed by atoms with Crippen LogP contribution in [-0.4, -0.2) is 23.0 Å². The Morgan fingerprint density at radius 3 is 2.50 bits per heavy atom. The summed E-state index contributed by atoms with van der Waals surface area (Å²) in [6, 6.07) is 5.06. The number of halogens is 2. The largest absolute Gasteiger partial charge is 0.409 e. The van der Waals surface area contributed by atoms with Crippen molar-refractivity contribution in [2.45, 2.75) is 19.4 Å². The molecule has 18 heavy (non-hydrogen) atoms. The molecular weight excluding hydrogens is 366 g/mol. The van der Waals surface area contributed by atoms with Gasteiger partial charge in [-0.1, -0.05) is 37.0 Å². The molecule has 1 aromatic carbocycles. The van der Waals surface area contributed by atoms with Crippen molar-refractivity contribution < 1.29 is 10.0 Å². The summed E-state index contributed by atoms with van der Waals surface area (Å²) in [4.78, 5) is 11.9. The van der Waals surface area contributed by atoms with Gasteiger partial charge in [-0.3, -0.25) is 4.79 Å². The first kappa shape index (κ1) is 15.0. The monoisotopic (exact) mass is 377 g/mol. The molecule has 0 aromatic heterocycles. The molecule has 0 aliphatic carbocycles. The number of hydrogen-bond donors (Lipinski definition) is 3. The van der Waals surface area contributed by atoms with Gasteiger partial charge in [-0.15, -0.1) is 0 Å². The second-order valence-corrected chi connectivity index (χ2v) is 5.66. The molecule has 5 nitrogen and oxygen atoms in total. The van der Waals surface area contributed by atoms with Crippen molar-refractivity contribution in [3.8, 4) is 0 Å². The van der Waals surface area contributed by atoms with E-state index in [1.54, 1.807) is 19.1 Å². The zero-order valence-electron chi connectivity index (χ0n) is 9.65. The fraction of sp³-hybridized carbons (Fsp3) is 0.273. The van der Waals surface area contributed by atoms with Gasteiger partial charge in [0.15, 0.2) is 0 Å². The molecule has 0 bridgehead atoms. The van der Waals surface area contributed by atoms with Crippen LogP contribution in [0.2, 0.25) is 0 Å². The fourth-order valence-corrected chi connectivity index (χ4v) is 2.69. The molecule has 0 saturated heterocycles. The molecule has 1 atom stereocenters. The van der Waals surface area contributed by atoms with Gasteiger partial charge in [0.1, 0.15) is 5.84 Å². The highest BCUT2D eigenvalue weighted by Gasteiger charge is 2.12. The number of amidine groups is 1. The van der Waals surface area contributed by atoms with Crippen LogP contribution in [0.15, 0.2) is 32.3 Å². The van der Waals surface area contributed by atoms with Crippen molar-refractivity contribution in [1.82, 2.24) is 5.32 Å². The highest BCUT2D eigenvalue weighted by atomic mass is 79.9. The maximum absolute atomic E-state index is 11.9. The molecular formula is C11H13Br2N3O2. The number of nitrogens with zero attached hydrogens (tertiary/aromatic N) is 1. The minimum Gasteiger partial charge on any atom is -0.409 e. The maximum Gasteiger partial charge on any atom is 0.251 e. The van der Waals surface area contributed by atoms with Crippen LogP contribution in [-0.2, 0) is 0 Å². The van der Waals surface area contributed by atoms with Crippen LogP contribution in [0.5, 0.6) is 0 Å². The van der Waals surface area contributed by atoms with Crippen molar-refractivity contribution in [2.75, 3.05) is 0 Å². The maximum atomic E-state index is 11.9. The zero-order valence-corrected chi connectivity index (χ0v) is 12.8. The van der Waals surface area contributed by atoms with Crippen molar-refractivity contribution >= 4 is 43.6 Å². The predicted octanol–water partition coefficient (Wildman–Crippen LogP) is 2.47. The Morgan fingerprint density at radius 2 is 2.00 bits per heavy atom. The second kappa shape index (κ2) is 6.75. The van der Waals surface area contributed by atoms with Gasteiger partial charge in [0, 0.05) is 27.0 Å². The van der Waals surface area contributed by atoms with Crippen molar-refractivity contribution in [3.05, 3.63) is 32.7 Å². The van der Waals surface area contributed by atoms with Gasteiger partial charge < -0.3 is 16.3 Å². The first-order chi connectivity index (χ1) is 8.42. The number of amides is 1. The van der Waals surface area contributed by atoms with Crippen molar-refractivity contribution in [1.29, 1.82) is 0 Å². The molecule has 4 N–H and O–H groups in total. The number of rotatable bonds is 4. The topological polar surface area (TPSA) is 87.7 Å². The number of benzene rings is 1. The van der Waals surface area contributed by atoms with Crippen LogP contribution < -0.4 is 11.1 Å². The van der Waals surface area contributed by atoms with Crippen LogP contribution in [0.3, 0.4) is 0 Å². The third-order valence-electron chi connectivity index (χ3n) is 2.15. The molecule has 0 heterocycles. The Labute approximate surface area is 122 Å². The molecule has 1 amide bonds. The minimum atomic E-state index is -0.217. The summed E-state index contributed by atoms with van der Waals surface area (Å²) in [7, 11) is 0. The molecule has 1 rings (SSSR count). The van der Waals surface area contributed by atoms with E-state index in [2.05, 4.69) is 42.3 Å². The summed E-state index contributed by atoms with van der Waals surface area (Å²) in [5.41, 5.74) is 5.90. The lowest BCUT2D eigenvalue weighted by Crippen LogP contribution is -2.35. The zero-order chi connectivity index (χ0) is 13.7. The van der Waals surface area contributed by atoms with Crippen LogP contribution in [0, 0.1) is 0 Å². The van der Waals surface area contributed by atoms with Gasteiger partial charge in [-0.05, 0) is 25.1 Å². The summed E-state index contributed by atoms with van der Waals surface area (Å²) in [6.07, 6.45) is 0.289. The molecule has 0 saturated carbocycles. The molecule has 1 aromatic rings. The number of oxime groups is 1. The summed E-state index contributed by atoms with van der Waals surface area (Å²) in [6.45, 7) is 1.78. The Bertz CT molecular complexity index is 457. The first-order valence-electron chi connectivity index (χ1n) is 5.15.